The second kappa shape index (κ2) is 5.19. The summed E-state index contributed by atoms with van der Waals surface area (Å²) < 4.78 is 0. The zero-order valence-electron chi connectivity index (χ0n) is 10.4. The van der Waals surface area contributed by atoms with Crippen molar-refractivity contribution in [1.82, 2.24) is 5.32 Å². The quantitative estimate of drug-likeness (QED) is 0.653. The summed E-state index contributed by atoms with van der Waals surface area (Å²) in [5.74, 6) is 0. The minimum atomic E-state index is -0.627. The molecular formula is C11H14N4O4. The van der Waals surface area contributed by atoms with Crippen LogP contribution in [0.4, 0.5) is 17.1 Å². The first kappa shape index (κ1) is 13.2. The Morgan fingerprint density at radius 1 is 1.32 bits per heavy atom. The van der Waals surface area contributed by atoms with Gasteiger partial charge in [-0.05, 0) is 13.0 Å². The number of non-ortho nitro benzene ring substituents is 1. The second-order valence-corrected chi connectivity index (χ2v) is 4.43. The SMILES string of the molecule is C[C@@H]1CNCCN1c1ccc([N+](=O)[O-])cc1[N+](=O)[O-]. The molecule has 0 amide bonds. The Morgan fingerprint density at radius 3 is 2.63 bits per heavy atom. The third-order valence-corrected chi connectivity index (χ3v) is 3.18. The lowest BCUT2D eigenvalue weighted by atomic mass is 10.1. The molecular weight excluding hydrogens is 252 g/mol. The minimum Gasteiger partial charge on any atom is -0.361 e. The van der Waals surface area contributed by atoms with Gasteiger partial charge < -0.3 is 10.2 Å². The van der Waals surface area contributed by atoms with E-state index in [1.807, 2.05) is 11.8 Å². The molecule has 1 N–H and O–H groups in total. The molecule has 1 heterocycles. The van der Waals surface area contributed by atoms with Crippen LogP contribution < -0.4 is 10.2 Å². The van der Waals surface area contributed by atoms with E-state index in [9.17, 15) is 20.2 Å². The van der Waals surface area contributed by atoms with Crippen LogP contribution in [0.3, 0.4) is 0 Å². The Hall–Kier alpha value is -2.22. The Bertz CT molecular complexity index is 519. The monoisotopic (exact) mass is 266 g/mol. The number of nitro benzene ring substituents is 2. The first-order valence-corrected chi connectivity index (χ1v) is 5.91. The number of nitro groups is 2. The van der Waals surface area contributed by atoms with Gasteiger partial charge in [0.1, 0.15) is 5.69 Å². The maximum Gasteiger partial charge on any atom is 0.299 e. The molecule has 0 bridgehead atoms. The molecule has 19 heavy (non-hydrogen) atoms. The molecule has 0 spiro atoms. The van der Waals surface area contributed by atoms with Gasteiger partial charge >= 0.3 is 0 Å². The van der Waals surface area contributed by atoms with Crippen molar-refractivity contribution in [1.29, 1.82) is 0 Å². The Kier molecular flexibility index (Phi) is 3.61. The van der Waals surface area contributed by atoms with Crippen LogP contribution in [0, 0.1) is 20.2 Å². The summed E-state index contributed by atoms with van der Waals surface area (Å²) in [6.07, 6.45) is 0. The smallest absolute Gasteiger partial charge is 0.299 e. The van der Waals surface area contributed by atoms with Gasteiger partial charge in [0.25, 0.3) is 11.4 Å². The Labute approximate surface area is 109 Å². The average molecular weight is 266 g/mol. The van der Waals surface area contributed by atoms with Crippen LogP contribution in [0.1, 0.15) is 6.92 Å². The van der Waals surface area contributed by atoms with Crippen LogP contribution in [0.2, 0.25) is 0 Å². The van der Waals surface area contributed by atoms with Gasteiger partial charge in [-0.25, -0.2) is 0 Å². The van der Waals surface area contributed by atoms with Crippen LogP contribution in [-0.2, 0) is 0 Å². The predicted molar refractivity (Wildman–Crippen MR) is 69.4 cm³/mol. The molecule has 8 heteroatoms. The van der Waals surface area contributed by atoms with Crippen LogP contribution in [0.5, 0.6) is 0 Å². The summed E-state index contributed by atoms with van der Waals surface area (Å²) >= 11 is 0. The van der Waals surface area contributed by atoms with Crippen molar-refractivity contribution < 1.29 is 9.85 Å². The maximum absolute atomic E-state index is 11.1. The molecule has 1 fully saturated rings. The zero-order chi connectivity index (χ0) is 14.0. The number of nitrogens with one attached hydrogen (secondary N) is 1. The molecule has 2 rings (SSSR count). The summed E-state index contributed by atoms with van der Waals surface area (Å²) in [6, 6.07) is 3.88. The molecule has 1 atom stereocenters. The van der Waals surface area contributed by atoms with E-state index in [1.54, 1.807) is 0 Å². The van der Waals surface area contributed by atoms with Crippen LogP contribution in [-0.4, -0.2) is 35.5 Å². The van der Waals surface area contributed by atoms with Gasteiger partial charge in [-0.1, -0.05) is 0 Å². The van der Waals surface area contributed by atoms with E-state index in [4.69, 9.17) is 0 Å². The zero-order valence-corrected chi connectivity index (χ0v) is 10.4. The van der Waals surface area contributed by atoms with Gasteiger partial charge in [0, 0.05) is 31.7 Å². The normalized spacial score (nSPS) is 19.2. The predicted octanol–water partition coefficient (Wildman–Crippen LogP) is 1.30. The summed E-state index contributed by atoms with van der Waals surface area (Å²) in [4.78, 5) is 22.5. The van der Waals surface area contributed by atoms with E-state index >= 15 is 0 Å². The molecule has 0 radical (unpaired) electrons. The highest BCUT2D eigenvalue weighted by Crippen LogP contribution is 2.33. The molecule has 1 aliphatic rings. The van der Waals surface area contributed by atoms with Gasteiger partial charge in [-0.15, -0.1) is 0 Å². The lowest BCUT2D eigenvalue weighted by Crippen LogP contribution is -2.50. The number of anilines is 1. The number of hydrogen-bond donors (Lipinski definition) is 1. The molecule has 0 unspecified atom stereocenters. The fraction of sp³-hybridized carbons (Fsp3) is 0.455. The first-order chi connectivity index (χ1) is 9.00. The van der Waals surface area contributed by atoms with E-state index < -0.39 is 9.85 Å². The summed E-state index contributed by atoms with van der Waals surface area (Å²) in [7, 11) is 0. The maximum atomic E-state index is 11.1. The third kappa shape index (κ3) is 2.63. The molecule has 8 nitrogen and oxygen atoms in total. The lowest BCUT2D eigenvalue weighted by molar-refractivity contribution is -0.393. The highest BCUT2D eigenvalue weighted by atomic mass is 16.6. The van der Waals surface area contributed by atoms with Gasteiger partial charge in [0.15, 0.2) is 0 Å². The van der Waals surface area contributed by atoms with Gasteiger partial charge in [0.05, 0.1) is 15.9 Å². The summed E-state index contributed by atoms with van der Waals surface area (Å²) in [6.45, 7) is 4.06. The van der Waals surface area contributed by atoms with Crippen molar-refractivity contribution in [2.45, 2.75) is 13.0 Å². The summed E-state index contributed by atoms with van der Waals surface area (Å²) in [5, 5.41) is 25.0. The van der Waals surface area contributed by atoms with Crippen molar-refractivity contribution in [3.63, 3.8) is 0 Å². The first-order valence-electron chi connectivity index (χ1n) is 5.91. The molecule has 0 aromatic heterocycles. The Morgan fingerprint density at radius 2 is 2.05 bits per heavy atom. The van der Waals surface area contributed by atoms with Crippen molar-refractivity contribution in [2.24, 2.45) is 0 Å². The topological polar surface area (TPSA) is 102 Å². The van der Waals surface area contributed by atoms with Crippen molar-refractivity contribution in [2.75, 3.05) is 24.5 Å². The number of nitrogens with zero attached hydrogens (tertiary/aromatic N) is 3. The van der Waals surface area contributed by atoms with Crippen LogP contribution in [0.15, 0.2) is 18.2 Å². The number of piperazine rings is 1. The van der Waals surface area contributed by atoms with E-state index in [2.05, 4.69) is 5.32 Å². The van der Waals surface area contributed by atoms with E-state index in [1.165, 1.54) is 12.1 Å². The molecule has 1 aliphatic heterocycles. The van der Waals surface area contributed by atoms with Crippen LogP contribution in [0.25, 0.3) is 0 Å². The molecule has 0 aliphatic carbocycles. The highest BCUT2D eigenvalue weighted by Gasteiger charge is 2.27. The minimum absolute atomic E-state index is 0.105. The largest absolute Gasteiger partial charge is 0.361 e. The van der Waals surface area contributed by atoms with Crippen LogP contribution >= 0.6 is 0 Å². The average Bonchev–Trinajstić information content (AvgIpc) is 2.38. The van der Waals surface area contributed by atoms with E-state index in [0.29, 0.717) is 12.2 Å². The molecule has 1 saturated heterocycles. The van der Waals surface area contributed by atoms with Crippen molar-refractivity contribution >= 4 is 17.1 Å². The fourth-order valence-corrected chi connectivity index (χ4v) is 2.21. The molecule has 1 aromatic rings. The van der Waals surface area contributed by atoms with Crippen molar-refractivity contribution in [3.05, 3.63) is 38.4 Å². The van der Waals surface area contributed by atoms with Gasteiger partial charge in [-0.3, -0.25) is 20.2 Å². The summed E-state index contributed by atoms with van der Waals surface area (Å²) in [5.41, 5.74) is -0.0502. The fourth-order valence-electron chi connectivity index (χ4n) is 2.21. The number of hydrogen-bond acceptors (Lipinski definition) is 6. The second-order valence-electron chi connectivity index (χ2n) is 4.43. The third-order valence-electron chi connectivity index (χ3n) is 3.18. The molecule has 1 aromatic carbocycles. The number of rotatable bonds is 3. The number of benzene rings is 1. The van der Waals surface area contributed by atoms with Gasteiger partial charge in [0.2, 0.25) is 0 Å². The molecule has 0 saturated carbocycles. The van der Waals surface area contributed by atoms with E-state index in [0.717, 1.165) is 19.2 Å². The van der Waals surface area contributed by atoms with Crippen molar-refractivity contribution in [3.8, 4) is 0 Å². The van der Waals surface area contributed by atoms with Gasteiger partial charge in [-0.2, -0.15) is 0 Å². The highest BCUT2D eigenvalue weighted by molar-refractivity contribution is 5.67. The Balaban J connectivity index is 2.44. The molecule has 102 valence electrons. The lowest BCUT2D eigenvalue weighted by Gasteiger charge is -2.35. The van der Waals surface area contributed by atoms with E-state index in [-0.39, 0.29) is 17.4 Å². The standard InChI is InChI=1S/C11H14N4O4/c1-8-7-12-4-5-13(8)10-3-2-9(14(16)17)6-11(10)15(18)19/h2-3,6,8,12H,4-5,7H2,1H3/t8-/m1/s1.